The average molecular weight is 495 g/mol. The number of hydrogen-bond donors (Lipinski definition) is 0. The van der Waals surface area contributed by atoms with E-state index < -0.39 is 15.3 Å². The second-order valence-electron chi connectivity index (χ2n) is 11.2. The third-order valence-corrected chi connectivity index (χ3v) is 10.6. The molecule has 1 unspecified atom stereocenters. The lowest BCUT2D eigenvalue weighted by molar-refractivity contribution is -0.161. The van der Waals surface area contributed by atoms with Crippen LogP contribution >= 0.6 is 0 Å². The molecule has 2 aromatic carbocycles. The molecule has 1 saturated carbocycles. The van der Waals surface area contributed by atoms with Crippen molar-refractivity contribution < 1.29 is 17.9 Å². The minimum atomic E-state index is -3.65. The number of benzene rings is 2. The zero-order valence-corrected chi connectivity index (χ0v) is 22.5. The third kappa shape index (κ3) is 4.26. The first-order valence-electron chi connectivity index (χ1n) is 12.7. The molecule has 2 aliphatic carbocycles. The Hall–Kier alpha value is -2.40. The van der Waals surface area contributed by atoms with E-state index in [1.165, 1.54) is 23.8 Å². The van der Waals surface area contributed by atoms with Gasteiger partial charge in [-0.15, -0.1) is 0 Å². The standard InChI is InChI=1S/C30H38O4S/c1-20(2)22-13-14-26-25(18-22)23(17-21(3)35(32,33)24-11-8-7-9-12-24)19-27-29(26,4)15-10-16-30(27,5)28(31)34-6/h7-9,11-14,18,20,23,27H,3,10,15-17,19H2,1-2,4-6H3/t23?,27-,29-,30-/m1/s1. The zero-order chi connectivity index (χ0) is 25.6. The highest BCUT2D eigenvalue weighted by Gasteiger charge is 2.57. The SMILES string of the molecule is C=C(CC1C[C@H]2[C@](C)(C(=O)OC)CCC[C@]2(C)c2ccc(C(C)C)cc21)S(=O)(=O)c1ccccc1. The molecular weight excluding hydrogens is 456 g/mol. The molecule has 0 N–H and O–H groups in total. The molecule has 0 aromatic heterocycles. The van der Waals surface area contributed by atoms with Crippen molar-refractivity contribution in [1.29, 1.82) is 0 Å². The van der Waals surface area contributed by atoms with Crippen molar-refractivity contribution >= 4 is 15.8 Å². The number of carbonyl (C=O) groups is 1. The zero-order valence-electron chi connectivity index (χ0n) is 21.6. The van der Waals surface area contributed by atoms with Gasteiger partial charge in [0.05, 0.1) is 17.4 Å². The monoisotopic (exact) mass is 494 g/mol. The quantitative estimate of drug-likeness (QED) is 0.409. The van der Waals surface area contributed by atoms with E-state index in [4.69, 9.17) is 4.74 Å². The molecule has 4 nitrogen and oxygen atoms in total. The van der Waals surface area contributed by atoms with Gasteiger partial charge in [0.15, 0.2) is 0 Å². The Morgan fingerprint density at radius 1 is 1.11 bits per heavy atom. The first-order valence-corrected chi connectivity index (χ1v) is 14.1. The Morgan fingerprint density at radius 2 is 1.80 bits per heavy atom. The number of sulfone groups is 1. The van der Waals surface area contributed by atoms with Gasteiger partial charge < -0.3 is 4.74 Å². The van der Waals surface area contributed by atoms with Crippen LogP contribution in [0.1, 0.15) is 88.3 Å². The van der Waals surface area contributed by atoms with Gasteiger partial charge in [0.2, 0.25) is 9.84 Å². The lowest BCUT2D eigenvalue weighted by atomic mass is 9.48. The maximum absolute atomic E-state index is 13.3. The Balaban J connectivity index is 1.81. The number of rotatable bonds is 6. The highest BCUT2D eigenvalue weighted by atomic mass is 32.2. The predicted octanol–water partition coefficient (Wildman–Crippen LogP) is 6.91. The number of methoxy groups -OCH3 is 1. The first-order chi connectivity index (χ1) is 16.4. The maximum atomic E-state index is 13.3. The Labute approximate surface area is 210 Å². The van der Waals surface area contributed by atoms with E-state index in [9.17, 15) is 13.2 Å². The Bertz CT molecular complexity index is 1230. The molecule has 5 heteroatoms. The van der Waals surface area contributed by atoms with E-state index in [2.05, 4.69) is 45.5 Å². The highest BCUT2D eigenvalue weighted by Crippen LogP contribution is 2.61. The van der Waals surface area contributed by atoms with Crippen molar-refractivity contribution in [1.82, 2.24) is 0 Å². The molecule has 4 atom stereocenters. The fourth-order valence-electron chi connectivity index (χ4n) is 6.75. The summed E-state index contributed by atoms with van der Waals surface area (Å²) in [6, 6.07) is 15.2. The fraction of sp³-hybridized carbons (Fsp3) is 0.500. The van der Waals surface area contributed by atoms with Crippen LogP contribution < -0.4 is 0 Å². The van der Waals surface area contributed by atoms with Crippen molar-refractivity contribution in [2.24, 2.45) is 11.3 Å². The summed E-state index contributed by atoms with van der Waals surface area (Å²) in [6.07, 6.45) is 3.84. The van der Waals surface area contributed by atoms with Gasteiger partial charge in [0.1, 0.15) is 0 Å². The molecule has 0 saturated heterocycles. The van der Waals surface area contributed by atoms with Gasteiger partial charge in [-0.25, -0.2) is 8.42 Å². The van der Waals surface area contributed by atoms with E-state index in [0.717, 1.165) is 25.7 Å². The number of carbonyl (C=O) groups excluding carboxylic acids is 1. The predicted molar refractivity (Wildman–Crippen MR) is 140 cm³/mol. The number of fused-ring (bicyclic) bond motifs is 3. The summed E-state index contributed by atoms with van der Waals surface area (Å²) < 4.78 is 32.0. The van der Waals surface area contributed by atoms with Gasteiger partial charge in [-0.1, -0.05) is 70.2 Å². The molecule has 35 heavy (non-hydrogen) atoms. The summed E-state index contributed by atoms with van der Waals surface area (Å²) in [5.74, 6) is 0.236. The summed E-state index contributed by atoms with van der Waals surface area (Å²) in [5, 5.41) is 0. The number of allylic oxidation sites excluding steroid dienone is 1. The molecule has 0 spiro atoms. The van der Waals surface area contributed by atoms with Crippen LogP contribution in [0.4, 0.5) is 0 Å². The summed E-state index contributed by atoms with van der Waals surface area (Å²) >= 11 is 0. The fourth-order valence-corrected chi connectivity index (χ4v) is 8.02. The molecule has 0 amide bonds. The van der Waals surface area contributed by atoms with Crippen LogP contribution in [0.2, 0.25) is 0 Å². The lowest BCUT2D eigenvalue weighted by Gasteiger charge is -2.55. The van der Waals surface area contributed by atoms with Crippen molar-refractivity contribution in [3.05, 3.63) is 76.7 Å². The molecule has 188 valence electrons. The van der Waals surface area contributed by atoms with Crippen LogP contribution in [0.15, 0.2) is 64.9 Å². The van der Waals surface area contributed by atoms with Crippen LogP contribution in [0, 0.1) is 11.3 Å². The summed E-state index contributed by atoms with van der Waals surface area (Å²) in [7, 11) is -2.18. The van der Waals surface area contributed by atoms with Crippen LogP contribution in [0.25, 0.3) is 0 Å². The maximum Gasteiger partial charge on any atom is 0.311 e. The molecule has 2 aliphatic rings. The van der Waals surface area contributed by atoms with E-state index >= 15 is 0 Å². The Kier molecular flexibility index (Phi) is 6.78. The highest BCUT2D eigenvalue weighted by molar-refractivity contribution is 7.95. The molecule has 2 aromatic rings. The minimum absolute atomic E-state index is 0.0326. The summed E-state index contributed by atoms with van der Waals surface area (Å²) in [6.45, 7) is 12.7. The molecule has 1 fully saturated rings. The summed E-state index contributed by atoms with van der Waals surface area (Å²) in [5.41, 5.74) is 2.95. The van der Waals surface area contributed by atoms with Crippen molar-refractivity contribution in [3.8, 4) is 0 Å². The van der Waals surface area contributed by atoms with Crippen molar-refractivity contribution in [2.75, 3.05) is 7.11 Å². The Morgan fingerprint density at radius 3 is 2.43 bits per heavy atom. The van der Waals surface area contributed by atoms with E-state index in [0.29, 0.717) is 12.3 Å². The normalized spacial score (nSPS) is 28.2. The molecule has 0 bridgehead atoms. The molecular formula is C30H38O4S. The number of ether oxygens (including phenoxy) is 1. The average Bonchev–Trinajstić information content (AvgIpc) is 2.84. The third-order valence-electron chi connectivity index (χ3n) is 8.81. The van der Waals surface area contributed by atoms with Gasteiger partial charge in [0.25, 0.3) is 0 Å². The van der Waals surface area contributed by atoms with Crippen LogP contribution in [0.5, 0.6) is 0 Å². The number of esters is 1. The van der Waals surface area contributed by atoms with E-state index in [1.54, 1.807) is 24.3 Å². The molecule has 0 radical (unpaired) electrons. The van der Waals surface area contributed by atoms with E-state index in [-0.39, 0.29) is 33.0 Å². The van der Waals surface area contributed by atoms with Gasteiger partial charge in [-0.2, -0.15) is 0 Å². The van der Waals surface area contributed by atoms with Crippen molar-refractivity contribution in [2.45, 2.75) is 81.9 Å². The first kappa shape index (κ1) is 25.7. The summed E-state index contributed by atoms with van der Waals surface area (Å²) in [4.78, 5) is 13.6. The second kappa shape index (κ2) is 9.24. The minimum Gasteiger partial charge on any atom is -0.469 e. The van der Waals surface area contributed by atoms with Crippen LogP contribution in [0.3, 0.4) is 0 Å². The second-order valence-corrected chi connectivity index (χ2v) is 13.3. The topological polar surface area (TPSA) is 60.4 Å². The lowest BCUT2D eigenvalue weighted by Crippen LogP contribution is -2.53. The van der Waals surface area contributed by atoms with Crippen molar-refractivity contribution in [3.63, 3.8) is 0 Å². The van der Waals surface area contributed by atoms with Gasteiger partial charge in [0, 0.05) is 4.91 Å². The van der Waals surface area contributed by atoms with Gasteiger partial charge >= 0.3 is 5.97 Å². The smallest absolute Gasteiger partial charge is 0.311 e. The van der Waals surface area contributed by atoms with E-state index in [1.807, 2.05) is 13.0 Å². The van der Waals surface area contributed by atoms with Gasteiger partial charge in [-0.3, -0.25) is 4.79 Å². The largest absolute Gasteiger partial charge is 0.469 e. The molecule has 0 aliphatic heterocycles. The molecule has 0 heterocycles. The molecule has 4 rings (SSSR count). The number of hydrogen-bond acceptors (Lipinski definition) is 4. The van der Waals surface area contributed by atoms with Gasteiger partial charge in [-0.05, 0) is 84.6 Å². The van der Waals surface area contributed by atoms with Crippen LogP contribution in [-0.4, -0.2) is 21.5 Å². The van der Waals surface area contributed by atoms with Crippen LogP contribution in [-0.2, 0) is 24.8 Å².